The summed E-state index contributed by atoms with van der Waals surface area (Å²) < 4.78 is 0. The predicted molar refractivity (Wildman–Crippen MR) is 67.0 cm³/mol. The SMILES string of the molecule is C/C=C\c1c(C)ccc(C=O)c1N.CC. The van der Waals surface area contributed by atoms with Gasteiger partial charge in [0, 0.05) is 16.8 Å². The van der Waals surface area contributed by atoms with Crippen molar-refractivity contribution in [2.45, 2.75) is 27.7 Å². The van der Waals surface area contributed by atoms with E-state index in [1.165, 1.54) is 0 Å². The standard InChI is InChI=1S/C11H13NO.C2H6/c1-3-4-10-8(2)5-6-9(7-13)11(10)12;1-2/h3-7H,12H2,1-2H3;1-2H3/b4-3-;. The number of aryl methyl sites for hydroxylation is 1. The molecule has 2 heteroatoms. The number of nitrogen functional groups attached to an aromatic ring is 1. The van der Waals surface area contributed by atoms with Gasteiger partial charge in [-0.2, -0.15) is 0 Å². The second-order valence-electron chi connectivity index (χ2n) is 2.92. The molecule has 0 heterocycles. The summed E-state index contributed by atoms with van der Waals surface area (Å²) in [6.45, 7) is 7.90. The molecule has 0 aromatic heterocycles. The first kappa shape index (κ1) is 13.4. The molecule has 0 atom stereocenters. The number of anilines is 1. The largest absolute Gasteiger partial charge is 0.398 e. The highest BCUT2D eigenvalue weighted by Gasteiger charge is 2.04. The molecule has 0 spiro atoms. The van der Waals surface area contributed by atoms with Crippen molar-refractivity contribution in [3.63, 3.8) is 0 Å². The third-order valence-corrected chi connectivity index (χ3v) is 2.00. The summed E-state index contributed by atoms with van der Waals surface area (Å²) in [5, 5.41) is 0. The molecule has 0 unspecified atom stereocenters. The molecule has 1 aromatic rings. The number of carbonyl (C=O) groups is 1. The zero-order valence-electron chi connectivity index (χ0n) is 9.87. The Bertz CT molecular complexity index is 354. The van der Waals surface area contributed by atoms with Crippen LogP contribution in [0.5, 0.6) is 0 Å². The number of rotatable bonds is 2. The first-order valence-electron chi connectivity index (χ1n) is 5.17. The lowest BCUT2D eigenvalue weighted by molar-refractivity contribution is 0.112. The Morgan fingerprint density at radius 2 is 1.87 bits per heavy atom. The number of allylic oxidation sites excluding steroid dienone is 1. The van der Waals surface area contributed by atoms with Crippen LogP contribution in [-0.2, 0) is 0 Å². The van der Waals surface area contributed by atoms with E-state index < -0.39 is 0 Å². The van der Waals surface area contributed by atoms with Crippen molar-refractivity contribution in [2.75, 3.05) is 5.73 Å². The lowest BCUT2D eigenvalue weighted by atomic mass is 10.0. The molecule has 2 nitrogen and oxygen atoms in total. The Balaban J connectivity index is 0.000000921. The van der Waals surface area contributed by atoms with Crippen LogP contribution in [0.15, 0.2) is 18.2 Å². The Hall–Kier alpha value is -1.57. The highest BCUT2D eigenvalue weighted by molar-refractivity contribution is 5.88. The fourth-order valence-electron chi connectivity index (χ4n) is 1.25. The van der Waals surface area contributed by atoms with Crippen molar-refractivity contribution >= 4 is 18.0 Å². The fraction of sp³-hybridized carbons (Fsp3) is 0.308. The van der Waals surface area contributed by atoms with Gasteiger partial charge in [0.25, 0.3) is 0 Å². The maximum atomic E-state index is 10.6. The minimum Gasteiger partial charge on any atom is -0.398 e. The first-order chi connectivity index (χ1) is 7.20. The highest BCUT2D eigenvalue weighted by Crippen LogP contribution is 2.21. The second kappa shape index (κ2) is 6.82. The molecule has 2 N–H and O–H groups in total. The van der Waals surface area contributed by atoms with Crippen LogP contribution in [0.4, 0.5) is 5.69 Å². The van der Waals surface area contributed by atoms with Gasteiger partial charge in [0.05, 0.1) is 0 Å². The van der Waals surface area contributed by atoms with Gasteiger partial charge in [-0.25, -0.2) is 0 Å². The van der Waals surface area contributed by atoms with Crippen molar-refractivity contribution in [3.8, 4) is 0 Å². The lowest BCUT2D eigenvalue weighted by Gasteiger charge is -2.06. The Labute approximate surface area is 91.8 Å². The third-order valence-electron chi connectivity index (χ3n) is 2.00. The van der Waals surface area contributed by atoms with E-state index in [2.05, 4.69) is 0 Å². The summed E-state index contributed by atoms with van der Waals surface area (Å²) in [6.07, 6.45) is 4.60. The van der Waals surface area contributed by atoms with Crippen LogP contribution < -0.4 is 5.73 Å². The Kier molecular flexibility index (Phi) is 6.11. The van der Waals surface area contributed by atoms with Crippen LogP contribution in [0.25, 0.3) is 6.08 Å². The predicted octanol–water partition coefficient (Wildman–Crippen LogP) is 3.45. The van der Waals surface area contributed by atoms with Gasteiger partial charge in [-0.3, -0.25) is 4.79 Å². The summed E-state index contributed by atoms with van der Waals surface area (Å²) in [5.74, 6) is 0. The number of aldehydes is 1. The summed E-state index contributed by atoms with van der Waals surface area (Å²) in [7, 11) is 0. The van der Waals surface area contributed by atoms with E-state index in [0.717, 1.165) is 17.4 Å². The topological polar surface area (TPSA) is 43.1 Å². The molecule has 0 aliphatic carbocycles. The van der Waals surface area contributed by atoms with E-state index in [-0.39, 0.29) is 0 Å². The maximum Gasteiger partial charge on any atom is 0.152 e. The van der Waals surface area contributed by atoms with Gasteiger partial charge in [0.2, 0.25) is 0 Å². The van der Waals surface area contributed by atoms with E-state index >= 15 is 0 Å². The van der Waals surface area contributed by atoms with Crippen molar-refractivity contribution < 1.29 is 4.79 Å². The first-order valence-corrected chi connectivity index (χ1v) is 5.17. The monoisotopic (exact) mass is 205 g/mol. The van der Waals surface area contributed by atoms with Crippen LogP contribution in [0.3, 0.4) is 0 Å². The fourth-order valence-corrected chi connectivity index (χ4v) is 1.25. The van der Waals surface area contributed by atoms with E-state index in [1.807, 2.05) is 45.9 Å². The van der Waals surface area contributed by atoms with Crippen LogP contribution in [-0.4, -0.2) is 6.29 Å². The molecule has 0 radical (unpaired) electrons. The molecule has 0 aliphatic heterocycles. The molecule has 0 saturated carbocycles. The Morgan fingerprint density at radius 3 is 2.33 bits per heavy atom. The average Bonchev–Trinajstić information content (AvgIpc) is 2.27. The van der Waals surface area contributed by atoms with E-state index in [4.69, 9.17) is 5.73 Å². The van der Waals surface area contributed by atoms with Gasteiger partial charge in [-0.1, -0.05) is 32.1 Å². The average molecular weight is 205 g/mol. The number of hydrogen-bond donors (Lipinski definition) is 1. The summed E-state index contributed by atoms with van der Waals surface area (Å²) in [6, 6.07) is 3.64. The third kappa shape index (κ3) is 3.24. The molecule has 1 rings (SSSR count). The number of hydrogen-bond acceptors (Lipinski definition) is 2. The van der Waals surface area contributed by atoms with Crippen molar-refractivity contribution in [3.05, 3.63) is 34.9 Å². The van der Waals surface area contributed by atoms with Crippen molar-refractivity contribution in [1.29, 1.82) is 0 Å². The van der Waals surface area contributed by atoms with Crippen LogP contribution in [0, 0.1) is 6.92 Å². The molecule has 0 saturated heterocycles. The van der Waals surface area contributed by atoms with Gasteiger partial charge in [-0.15, -0.1) is 0 Å². The van der Waals surface area contributed by atoms with Crippen molar-refractivity contribution in [1.82, 2.24) is 0 Å². The quantitative estimate of drug-likeness (QED) is 0.593. The van der Waals surface area contributed by atoms with Gasteiger partial charge in [-0.05, 0) is 25.5 Å². The van der Waals surface area contributed by atoms with Gasteiger partial charge in [0.15, 0.2) is 6.29 Å². The molecule has 0 aliphatic rings. The summed E-state index contributed by atoms with van der Waals surface area (Å²) >= 11 is 0. The van der Waals surface area contributed by atoms with Crippen LogP contribution >= 0.6 is 0 Å². The van der Waals surface area contributed by atoms with Gasteiger partial charge < -0.3 is 5.73 Å². The molecular formula is C13H19NO. The molecule has 1 aromatic carbocycles. The minimum atomic E-state index is 0.554. The lowest BCUT2D eigenvalue weighted by Crippen LogP contribution is -1.97. The Morgan fingerprint density at radius 1 is 1.27 bits per heavy atom. The van der Waals surface area contributed by atoms with E-state index in [1.54, 1.807) is 6.07 Å². The molecule has 0 fully saturated rings. The van der Waals surface area contributed by atoms with Gasteiger partial charge >= 0.3 is 0 Å². The number of carbonyl (C=O) groups excluding carboxylic acids is 1. The molecule has 0 bridgehead atoms. The summed E-state index contributed by atoms with van der Waals surface area (Å²) in [4.78, 5) is 10.6. The van der Waals surface area contributed by atoms with Crippen molar-refractivity contribution in [2.24, 2.45) is 0 Å². The molecule has 82 valence electrons. The highest BCUT2D eigenvalue weighted by atomic mass is 16.1. The zero-order chi connectivity index (χ0) is 11.8. The molecular weight excluding hydrogens is 186 g/mol. The van der Waals surface area contributed by atoms with Crippen LogP contribution in [0.2, 0.25) is 0 Å². The second-order valence-corrected chi connectivity index (χ2v) is 2.92. The molecule has 0 amide bonds. The smallest absolute Gasteiger partial charge is 0.152 e. The van der Waals surface area contributed by atoms with Crippen LogP contribution in [0.1, 0.15) is 42.3 Å². The van der Waals surface area contributed by atoms with E-state index in [9.17, 15) is 4.79 Å². The van der Waals surface area contributed by atoms with E-state index in [0.29, 0.717) is 11.3 Å². The summed E-state index contributed by atoms with van der Waals surface area (Å²) in [5.41, 5.74) is 8.94. The maximum absolute atomic E-state index is 10.6. The normalized spacial score (nSPS) is 9.60. The number of benzene rings is 1. The number of nitrogens with two attached hydrogens (primary N) is 1. The minimum absolute atomic E-state index is 0.554. The van der Waals surface area contributed by atoms with Gasteiger partial charge in [0.1, 0.15) is 0 Å². The molecule has 15 heavy (non-hydrogen) atoms. The zero-order valence-corrected chi connectivity index (χ0v) is 9.87.